The van der Waals surface area contributed by atoms with Crippen LogP contribution >= 0.6 is 0 Å². The van der Waals surface area contributed by atoms with Crippen molar-refractivity contribution in [1.82, 2.24) is 0 Å². The number of allylic oxidation sites excluding steroid dienone is 2. The van der Waals surface area contributed by atoms with Crippen LogP contribution in [0.5, 0.6) is 0 Å². The quantitative estimate of drug-likeness (QED) is 0.473. The monoisotopic (exact) mass is 232 g/mol. The Morgan fingerprint density at radius 1 is 1.41 bits per heavy atom. The molecule has 4 atom stereocenters. The van der Waals surface area contributed by atoms with Crippen LogP contribution in [0.25, 0.3) is 0 Å². The minimum Gasteiger partial charge on any atom is -0.458 e. The molecule has 1 fully saturated rings. The van der Waals surface area contributed by atoms with E-state index in [0.29, 0.717) is 11.8 Å². The van der Waals surface area contributed by atoms with Gasteiger partial charge in [0.25, 0.3) is 0 Å². The molecular weight excluding hydrogens is 212 g/mol. The Kier molecular flexibility index (Phi) is 2.42. The van der Waals surface area contributed by atoms with Gasteiger partial charge < -0.3 is 4.74 Å². The second-order valence-electron chi connectivity index (χ2n) is 5.87. The molecule has 0 N–H and O–H groups in total. The molecule has 2 heteroatoms. The molecule has 0 amide bonds. The molecule has 2 nitrogen and oxygen atoms in total. The Labute approximate surface area is 103 Å². The Bertz CT molecular complexity index is 419. The van der Waals surface area contributed by atoms with Crippen LogP contribution in [0, 0.1) is 17.8 Å². The van der Waals surface area contributed by atoms with Crippen molar-refractivity contribution < 1.29 is 9.53 Å². The van der Waals surface area contributed by atoms with Crippen LogP contribution in [0.3, 0.4) is 0 Å². The number of hydrogen-bond donors (Lipinski definition) is 0. The van der Waals surface area contributed by atoms with E-state index in [-0.39, 0.29) is 18.0 Å². The van der Waals surface area contributed by atoms with E-state index in [0.717, 1.165) is 25.7 Å². The van der Waals surface area contributed by atoms with Crippen molar-refractivity contribution in [2.45, 2.75) is 45.6 Å². The van der Waals surface area contributed by atoms with Crippen LogP contribution in [0.4, 0.5) is 0 Å². The normalized spacial score (nSPS) is 41.1. The third kappa shape index (κ3) is 1.57. The van der Waals surface area contributed by atoms with Crippen molar-refractivity contribution in [3.8, 4) is 0 Å². The number of carbonyl (C=O) groups excluding carboxylic acids is 1. The van der Waals surface area contributed by atoms with Gasteiger partial charge in [-0.15, -0.1) is 0 Å². The molecule has 0 aromatic carbocycles. The Balaban J connectivity index is 2.07. The molecule has 0 aromatic rings. The summed E-state index contributed by atoms with van der Waals surface area (Å²) in [6.45, 7) is 8.41. The third-order valence-electron chi connectivity index (χ3n) is 5.01. The maximum atomic E-state index is 12.0. The van der Waals surface area contributed by atoms with Crippen LogP contribution in [-0.4, -0.2) is 12.1 Å². The lowest BCUT2D eigenvalue weighted by Gasteiger charge is -2.26. The molecule has 92 valence electrons. The van der Waals surface area contributed by atoms with E-state index in [1.165, 1.54) is 16.7 Å². The summed E-state index contributed by atoms with van der Waals surface area (Å²) >= 11 is 0. The predicted molar refractivity (Wildman–Crippen MR) is 66.3 cm³/mol. The number of esters is 1. The zero-order valence-corrected chi connectivity index (χ0v) is 10.7. The molecule has 0 aromatic heterocycles. The molecule has 1 saturated carbocycles. The van der Waals surface area contributed by atoms with Crippen molar-refractivity contribution >= 4 is 5.97 Å². The van der Waals surface area contributed by atoms with Crippen LogP contribution in [-0.2, 0) is 9.53 Å². The largest absolute Gasteiger partial charge is 0.458 e. The van der Waals surface area contributed by atoms with Crippen LogP contribution in [0.1, 0.15) is 39.5 Å². The summed E-state index contributed by atoms with van der Waals surface area (Å²) in [7, 11) is 0. The number of carbonyl (C=O) groups is 1. The SMILES string of the molecule is C=C1CCC2CC3=C(C)C(CC13)OC(=O)C2C. The van der Waals surface area contributed by atoms with E-state index in [4.69, 9.17) is 4.74 Å². The van der Waals surface area contributed by atoms with Crippen molar-refractivity contribution in [2.24, 2.45) is 17.8 Å². The molecule has 17 heavy (non-hydrogen) atoms. The van der Waals surface area contributed by atoms with Gasteiger partial charge in [0.1, 0.15) is 6.10 Å². The van der Waals surface area contributed by atoms with Gasteiger partial charge in [-0.3, -0.25) is 4.79 Å². The highest BCUT2D eigenvalue weighted by atomic mass is 16.5. The first kappa shape index (κ1) is 11.1. The van der Waals surface area contributed by atoms with Crippen LogP contribution in [0.2, 0.25) is 0 Å². The van der Waals surface area contributed by atoms with E-state index in [2.05, 4.69) is 13.5 Å². The summed E-state index contributed by atoms with van der Waals surface area (Å²) in [5, 5.41) is 0. The molecule has 3 bridgehead atoms. The van der Waals surface area contributed by atoms with Crippen molar-refractivity contribution in [1.29, 1.82) is 0 Å². The molecule has 3 rings (SSSR count). The highest BCUT2D eigenvalue weighted by molar-refractivity contribution is 5.73. The van der Waals surface area contributed by atoms with Gasteiger partial charge in [0.15, 0.2) is 0 Å². The fourth-order valence-corrected chi connectivity index (χ4v) is 3.66. The number of ether oxygens (including phenoxy) is 1. The van der Waals surface area contributed by atoms with E-state index in [1.807, 2.05) is 6.92 Å². The first-order valence-corrected chi connectivity index (χ1v) is 6.65. The summed E-state index contributed by atoms with van der Waals surface area (Å²) in [6.07, 6.45) is 4.23. The van der Waals surface area contributed by atoms with Gasteiger partial charge in [-0.05, 0) is 44.1 Å². The van der Waals surface area contributed by atoms with Crippen molar-refractivity contribution in [3.63, 3.8) is 0 Å². The van der Waals surface area contributed by atoms with Gasteiger partial charge in [0.2, 0.25) is 0 Å². The molecule has 3 aliphatic rings. The third-order valence-corrected chi connectivity index (χ3v) is 5.01. The second-order valence-corrected chi connectivity index (χ2v) is 5.87. The van der Waals surface area contributed by atoms with Gasteiger partial charge in [0, 0.05) is 5.92 Å². The van der Waals surface area contributed by atoms with Crippen LogP contribution in [0.15, 0.2) is 23.3 Å². The lowest BCUT2D eigenvalue weighted by atomic mass is 9.84. The molecule has 1 aliphatic heterocycles. The zero-order valence-electron chi connectivity index (χ0n) is 10.7. The van der Waals surface area contributed by atoms with Gasteiger partial charge in [0.05, 0.1) is 5.92 Å². The van der Waals surface area contributed by atoms with Gasteiger partial charge in [-0.1, -0.05) is 24.6 Å². The molecular formula is C15H20O2. The first-order valence-electron chi connectivity index (χ1n) is 6.65. The minimum absolute atomic E-state index is 0.00608. The summed E-state index contributed by atoms with van der Waals surface area (Å²) in [5.41, 5.74) is 4.19. The smallest absolute Gasteiger partial charge is 0.309 e. The zero-order chi connectivity index (χ0) is 12.2. The molecule has 0 radical (unpaired) electrons. The Hall–Kier alpha value is -1.05. The molecule has 1 heterocycles. The van der Waals surface area contributed by atoms with E-state index in [9.17, 15) is 4.79 Å². The van der Waals surface area contributed by atoms with Gasteiger partial charge >= 0.3 is 5.97 Å². The summed E-state index contributed by atoms with van der Waals surface area (Å²) in [5.74, 6) is 0.994. The summed E-state index contributed by atoms with van der Waals surface area (Å²) in [4.78, 5) is 12.0. The molecule has 0 saturated heterocycles. The van der Waals surface area contributed by atoms with Crippen LogP contribution < -0.4 is 0 Å². The Morgan fingerprint density at radius 2 is 2.18 bits per heavy atom. The van der Waals surface area contributed by atoms with Gasteiger partial charge in [-0.2, -0.15) is 0 Å². The van der Waals surface area contributed by atoms with Crippen molar-refractivity contribution in [3.05, 3.63) is 23.3 Å². The standard InChI is InChI=1S/C15H20O2/c1-8-4-5-11-6-13-10(3)14(7-12(8)13)17-15(16)9(11)2/h9,11-12,14H,1,4-7H2,2-3H3. The first-order chi connectivity index (χ1) is 8.08. The molecule has 0 spiro atoms. The predicted octanol–water partition coefficient (Wildman–Crippen LogP) is 3.24. The number of rotatable bonds is 0. The minimum atomic E-state index is 0.00608. The Morgan fingerprint density at radius 3 is 2.94 bits per heavy atom. The number of fused-ring (bicyclic) bond motifs is 2. The van der Waals surface area contributed by atoms with E-state index < -0.39 is 0 Å². The highest BCUT2D eigenvalue weighted by Gasteiger charge is 2.42. The van der Waals surface area contributed by atoms with Crippen molar-refractivity contribution in [2.75, 3.05) is 0 Å². The lowest BCUT2D eigenvalue weighted by molar-refractivity contribution is -0.154. The average molecular weight is 232 g/mol. The van der Waals surface area contributed by atoms with E-state index >= 15 is 0 Å². The lowest BCUT2D eigenvalue weighted by Crippen LogP contribution is -2.29. The highest BCUT2D eigenvalue weighted by Crippen LogP contribution is 2.48. The van der Waals surface area contributed by atoms with Gasteiger partial charge in [-0.25, -0.2) is 0 Å². The fraction of sp³-hybridized carbons (Fsp3) is 0.667. The maximum absolute atomic E-state index is 12.0. The summed E-state index contributed by atoms with van der Waals surface area (Å²) in [6, 6.07) is 0. The fourth-order valence-electron chi connectivity index (χ4n) is 3.66. The molecule has 2 aliphatic carbocycles. The maximum Gasteiger partial charge on any atom is 0.309 e. The second kappa shape index (κ2) is 3.72. The topological polar surface area (TPSA) is 26.3 Å². The van der Waals surface area contributed by atoms with E-state index in [1.54, 1.807) is 0 Å². The average Bonchev–Trinajstić information content (AvgIpc) is 2.52. The number of hydrogen-bond acceptors (Lipinski definition) is 2. The molecule has 4 unspecified atom stereocenters. The summed E-state index contributed by atoms with van der Waals surface area (Å²) < 4.78 is 5.65.